The highest BCUT2D eigenvalue weighted by Crippen LogP contribution is 2.18. The van der Waals surface area contributed by atoms with E-state index in [-0.39, 0.29) is 11.4 Å². The molecule has 0 saturated heterocycles. The summed E-state index contributed by atoms with van der Waals surface area (Å²) in [6.45, 7) is 8.78. The molecule has 1 N–H and O–H groups in total. The summed E-state index contributed by atoms with van der Waals surface area (Å²) in [4.78, 5) is 8.61. The summed E-state index contributed by atoms with van der Waals surface area (Å²) < 4.78 is 13.5. The molecule has 4 heteroatoms. The van der Waals surface area contributed by atoms with E-state index in [0.29, 0.717) is 23.5 Å². The summed E-state index contributed by atoms with van der Waals surface area (Å²) in [6.07, 6.45) is 3.55. The second kappa shape index (κ2) is 5.67. The first-order valence-corrected chi connectivity index (χ1v) is 6.68. The molecule has 3 nitrogen and oxygen atoms in total. The van der Waals surface area contributed by atoms with Gasteiger partial charge in [0.1, 0.15) is 5.82 Å². The molecule has 2 rings (SSSR count). The number of hydrogen-bond acceptors (Lipinski definition) is 3. The van der Waals surface area contributed by atoms with Crippen LogP contribution in [0.25, 0.3) is 11.4 Å². The Balaban J connectivity index is 2.13. The lowest BCUT2D eigenvalue weighted by molar-refractivity contribution is 0.423. The maximum absolute atomic E-state index is 13.5. The van der Waals surface area contributed by atoms with Crippen molar-refractivity contribution in [1.29, 1.82) is 0 Å². The SMILES string of the molecule is Cc1ccc(-c2ncc(CNC(C)(C)C)cn2)cc1F. The van der Waals surface area contributed by atoms with Crippen LogP contribution in [0.5, 0.6) is 0 Å². The molecule has 0 aliphatic rings. The fourth-order valence-electron chi connectivity index (χ4n) is 1.69. The van der Waals surface area contributed by atoms with Crippen molar-refractivity contribution >= 4 is 0 Å². The van der Waals surface area contributed by atoms with Crippen molar-refractivity contribution in [3.8, 4) is 11.4 Å². The zero-order chi connectivity index (χ0) is 14.8. The van der Waals surface area contributed by atoms with Crippen molar-refractivity contribution in [2.75, 3.05) is 0 Å². The van der Waals surface area contributed by atoms with Crippen LogP contribution >= 0.6 is 0 Å². The second-order valence-corrected chi connectivity index (χ2v) is 5.98. The minimum Gasteiger partial charge on any atom is -0.308 e. The van der Waals surface area contributed by atoms with Gasteiger partial charge in [-0.15, -0.1) is 0 Å². The van der Waals surface area contributed by atoms with Crippen LogP contribution in [0, 0.1) is 12.7 Å². The fraction of sp³-hybridized carbons (Fsp3) is 0.375. The largest absolute Gasteiger partial charge is 0.308 e. The van der Waals surface area contributed by atoms with Crippen LogP contribution in [0.1, 0.15) is 31.9 Å². The summed E-state index contributed by atoms with van der Waals surface area (Å²) >= 11 is 0. The van der Waals surface area contributed by atoms with Crippen molar-refractivity contribution in [2.45, 2.75) is 39.8 Å². The number of nitrogens with one attached hydrogen (secondary N) is 1. The van der Waals surface area contributed by atoms with E-state index in [1.54, 1.807) is 25.4 Å². The van der Waals surface area contributed by atoms with Gasteiger partial charge in [0.2, 0.25) is 0 Å². The van der Waals surface area contributed by atoms with Gasteiger partial charge in [-0.05, 0) is 39.3 Å². The summed E-state index contributed by atoms with van der Waals surface area (Å²) in [7, 11) is 0. The Morgan fingerprint density at radius 3 is 2.35 bits per heavy atom. The Morgan fingerprint density at radius 2 is 1.80 bits per heavy atom. The lowest BCUT2D eigenvalue weighted by Gasteiger charge is -2.20. The maximum atomic E-state index is 13.5. The Labute approximate surface area is 119 Å². The minimum atomic E-state index is -0.232. The van der Waals surface area contributed by atoms with Crippen LogP contribution in [0.3, 0.4) is 0 Å². The monoisotopic (exact) mass is 273 g/mol. The summed E-state index contributed by atoms with van der Waals surface area (Å²) in [5.41, 5.74) is 2.39. The second-order valence-electron chi connectivity index (χ2n) is 5.98. The molecule has 20 heavy (non-hydrogen) atoms. The van der Waals surface area contributed by atoms with Crippen molar-refractivity contribution in [1.82, 2.24) is 15.3 Å². The van der Waals surface area contributed by atoms with Crippen molar-refractivity contribution < 1.29 is 4.39 Å². The number of hydrogen-bond donors (Lipinski definition) is 1. The summed E-state index contributed by atoms with van der Waals surface area (Å²) in [5.74, 6) is 0.313. The molecule has 1 aromatic carbocycles. The zero-order valence-corrected chi connectivity index (χ0v) is 12.4. The highest BCUT2D eigenvalue weighted by Gasteiger charge is 2.09. The molecule has 1 aromatic heterocycles. The van der Waals surface area contributed by atoms with E-state index < -0.39 is 0 Å². The molecule has 0 aliphatic heterocycles. The first-order chi connectivity index (χ1) is 9.35. The Kier molecular flexibility index (Phi) is 4.14. The van der Waals surface area contributed by atoms with E-state index in [1.165, 1.54) is 6.07 Å². The number of aryl methyl sites for hydroxylation is 1. The third-order valence-electron chi connectivity index (χ3n) is 2.96. The highest BCUT2D eigenvalue weighted by atomic mass is 19.1. The molecule has 0 atom stereocenters. The van der Waals surface area contributed by atoms with Gasteiger partial charge >= 0.3 is 0 Å². The predicted molar refractivity (Wildman–Crippen MR) is 78.8 cm³/mol. The van der Waals surface area contributed by atoms with Crippen LogP contribution in [0.15, 0.2) is 30.6 Å². The van der Waals surface area contributed by atoms with Crippen LogP contribution < -0.4 is 5.32 Å². The molecule has 0 amide bonds. The standard InChI is InChI=1S/C16H20FN3/c1-11-5-6-13(7-14(11)17)15-18-8-12(9-19-15)10-20-16(2,3)4/h5-9,20H,10H2,1-4H3. The first-order valence-electron chi connectivity index (χ1n) is 6.68. The van der Waals surface area contributed by atoms with E-state index in [0.717, 1.165) is 5.56 Å². The van der Waals surface area contributed by atoms with Gasteiger partial charge in [-0.2, -0.15) is 0 Å². The lowest BCUT2D eigenvalue weighted by Crippen LogP contribution is -2.35. The molecule has 0 spiro atoms. The predicted octanol–water partition coefficient (Wildman–Crippen LogP) is 3.48. The average Bonchev–Trinajstić information content (AvgIpc) is 2.39. The lowest BCUT2D eigenvalue weighted by atomic mass is 10.1. The molecule has 2 aromatic rings. The molecule has 0 saturated carbocycles. The number of benzene rings is 1. The summed E-state index contributed by atoms with van der Waals surface area (Å²) in [5, 5.41) is 3.37. The Bertz CT molecular complexity index is 586. The van der Waals surface area contributed by atoms with E-state index in [9.17, 15) is 4.39 Å². The van der Waals surface area contributed by atoms with Crippen molar-refractivity contribution in [3.05, 3.63) is 47.5 Å². The van der Waals surface area contributed by atoms with E-state index in [4.69, 9.17) is 0 Å². The van der Waals surface area contributed by atoms with Gasteiger partial charge in [-0.25, -0.2) is 14.4 Å². The van der Waals surface area contributed by atoms with Crippen LogP contribution in [0.2, 0.25) is 0 Å². The zero-order valence-electron chi connectivity index (χ0n) is 12.4. The first kappa shape index (κ1) is 14.6. The Hall–Kier alpha value is -1.81. The molecular weight excluding hydrogens is 253 g/mol. The van der Waals surface area contributed by atoms with Gasteiger partial charge in [0, 0.05) is 35.6 Å². The molecule has 0 bridgehead atoms. The molecule has 1 heterocycles. The van der Waals surface area contributed by atoms with Crippen LogP contribution in [-0.2, 0) is 6.54 Å². The van der Waals surface area contributed by atoms with Crippen molar-refractivity contribution in [2.24, 2.45) is 0 Å². The molecule has 0 radical (unpaired) electrons. The average molecular weight is 273 g/mol. The van der Waals surface area contributed by atoms with E-state index in [1.807, 2.05) is 6.07 Å². The third-order valence-corrected chi connectivity index (χ3v) is 2.96. The molecule has 0 unspecified atom stereocenters. The smallest absolute Gasteiger partial charge is 0.159 e. The van der Waals surface area contributed by atoms with Gasteiger partial charge in [0.25, 0.3) is 0 Å². The highest BCUT2D eigenvalue weighted by molar-refractivity contribution is 5.55. The van der Waals surface area contributed by atoms with Crippen molar-refractivity contribution in [3.63, 3.8) is 0 Å². The molecule has 106 valence electrons. The number of aromatic nitrogens is 2. The van der Waals surface area contributed by atoms with Gasteiger partial charge in [-0.1, -0.05) is 12.1 Å². The van der Waals surface area contributed by atoms with E-state index in [2.05, 4.69) is 36.1 Å². The fourth-order valence-corrected chi connectivity index (χ4v) is 1.69. The quantitative estimate of drug-likeness (QED) is 0.930. The molecule has 0 aliphatic carbocycles. The summed E-state index contributed by atoms with van der Waals surface area (Å²) in [6, 6.07) is 5.04. The van der Waals surface area contributed by atoms with E-state index >= 15 is 0 Å². The third kappa shape index (κ3) is 3.84. The van der Waals surface area contributed by atoms with Gasteiger partial charge in [-0.3, -0.25) is 0 Å². The maximum Gasteiger partial charge on any atom is 0.159 e. The van der Waals surface area contributed by atoms with Gasteiger partial charge < -0.3 is 5.32 Å². The number of nitrogens with zero attached hydrogens (tertiary/aromatic N) is 2. The van der Waals surface area contributed by atoms with Crippen LogP contribution in [0.4, 0.5) is 4.39 Å². The molecular formula is C16H20FN3. The van der Waals surface area contributed by atoms with Gasteiger partial charge in [0.15, 0.2) is 5.82 Å². The van der Waals surface area contributed by atoms with Crippen LogP contribution in [-0.4, -0.2) is 15.5 Å². The topological polar surface area (TPSA) is 37.8 Å². The number of halogens is 1. The Morgan fingerprint density at radius 1 is 1.15 bits per heavy atom. The normalized spacial score (nSPS) is 11.7. The molecule has 0 fully saturated rings. The number of rotatable bonds is 3. The van der Waals surface area contributed by atoms with Gasteiger partial charge in [0.05, 0.1) is 0 Å². The minimum absolute atomic E-state index is 0.0543.